The van der Waals surface area contributed by atoms with E-state index in [9.17, 15) is 8.42 Å². The van der Waals surface area contributed by atoms with Gasteiger partial charge in [0.1, 0.15) is 0 Å². The first-order valence-corrected chi connectivity index (χ1v) is 8.48. The summed E-state index contributed by atoms with van der Waals surface area (Å²) >= 11 is 5.81. The largest absolute Gasteiger partial charge is 0.228 e. The van der Waals surface area contributed by atoms with E-state index in [4.69, 9.17) is 16.9 Å². The van der Waals surface area contributed by atoms with Crippen molar-refractivity contribution >= 4 is 21.4 Å². The van der Waals surface area contributed by atoms with Crippen molar-refractivity contribution in [2.24, 2.45) is 0 Å². The Morgan fingerprint density at radius 1 is 1.14 bits per heavy atom. The second kappa shape index (κ2) is 6.30. The van der Waals surface area contributed by atoms with Crippen LogP contribution in [-0.2, 0) is 15.6 Å². The van der Waals surface area contributed by atoms with Crippen LogP contribution in [0.4, 0.5) is 0 Å². The van der Waals surface area contributed by atoms with E-state index in [1.165, 1.54) is 0 Å². The molecule has 0 bridgehead atoms. The summed E-state index contributed by atoms with van der Waals surface area (Å²) < 4.78 is 25.0. The topological polar surface area (TPSA) is 57.9 Å². The maximum absolute atomic E-state index is 12.5. The quantitative estimate of drug-likeness (QED) is 0.859. The molecule has 0 aromatic heterocycles. The van der Waals surface area contributed by atoms with Crippen molar-refractivity contribution in [1.82, 2.24) is 0 Å². The highest BCUT2D eigenvalue weighted by Crippen LogP contribution is 2.27. The number of halogens is 1. The Morgan fingerprint density at radius 3 is 2.38 bits per heavy atom. The second-order valence-electron chi connectivity index (χ2n) is 4.77. The molecule has 2 aromatic rings. The first-order chi connectivity index (χ1) is 9.94. The Bertz CT molecular complexity index is 777. The van der Waals surface area contributed by atoms with Gasteiger partial charge in [0, 0.05) is 5.02 Å². The van der Waals surface area contributed by atoms with E-state index in [2.05, 4.69) is 0 Å². The zero-order valence-corrected chi connectivity index (χ0v) is 13.0. The van der Waals surface area contributed by atoms with Crippen molar-refractivity contribution in [3.05, 3.63) is 70.2 Å². The first-order valence-electron chi connectivity index (χ1n) is 6.39. The van der Waals surface area contributed by atoms with Crippen LogP contribution in [-0.4, -0.2) is 8.42 Å². The maximum Gasteiger partial charge on any atom is 0.161 e. The van der Waals surface area contributed by atoms with Crippen LogP contribution in [0.15, 0.2) is 48.5 Å². The molecular formula is C16H14ClNO2S. The van der Waals surface area contributed by atoms with Crippen LogP contribution < -0.4 is 0 Å². The van der Waals surface area contributed by atoms with E-state index in [1.54, 1.807) is 55.5 Å². The summed E-state index contributed by atoms with van der Waals surface area (Å²) in [6.07, 6.45) is 0. The molecule has 0 radical (unpaired) electrons. The van der Waals surface area contributed by atoms with Crippen LogP contribution in [0.25, 0.3) is 0 Å². The molecule has 0 saturated carbocycles. The lowest BCUT2D eigenvalue weighted by Gasteiger charge is -2.14. The summed E-state index contributed by atoms with van der Waals surface area (Å²) in [4.78, 5) is 0. The predicted octanol–water partition coefficient (Wildman–Crippen LogP) is 3.89. The van der Waals surface area contributed by atoms with Crippen LogP contribution in [0.5, 0.6) is 0 Å². The molecule has 0 spiro atoms. The zero-order chi connectivity index (χ0) is 15.5. The second-order valence-corrected chi connectivity index (χ2v) is 7.53. The van der Waals surface area contributed by atoms with Gasteiger partial charge in [-0.2, -0.15) is 5.26 Å². The third-order valence-corrected chi connectivity index (χ3v) is 5.69. The molecule has 2 rings (SSSR count). The van der Waals surface area contributed by atoms with Gasteiger partial charge < -0.3 is 0 Å². The molecule has 0 heterocycles. The van der Waals surface area contributed by atoms with E-state index in [-0.39, 0.29) is 5.75 Å². The Balaban J connectivity index is 2.30. The monoisotopic (exact) mass is 319 g/mol. The number of rotatable bonds is 4. The minimum Gasteiger partial charge on any atom is -0.228 e. The van der Waals surface area contributed by atoms with E-state index < -0.39 is 15.1 Å². The standard InChI is InChI=1S/C16H14ClNO2S/c1-12(13-6-8-16(17)9-7-13)21(19,20)11-15-5-3-2-4-14(15)10-18/h2-9,12H,11H2,1H3/t12-/m0/s1. The average molecular weight is 320 g/mol. The van der Waals surface area contributed by atoms with Crippen LogP contribution in [0, 0.1) is 11.3 Å². The summed E-state index contributed by atoms with van der Waals surface area (Å²) in [7, 11) is -3.41. The Morgan fingerprint density at radius 2 is 1.76 bits per heavy atom. The molecule has 0 fully saturated rings. The molecular weight excluding hydrogens is 306 g/mol. The van der Waals surface area contributed by atoms with Crippen LogP contribution in [0.1, 0.15) is 28.9 Å². The van der Waals surface area contributed by atoms with E-state index >= 15 is 0 Å². The third kappa shape index (κ3) is 3.63. The number of hydrogen-bond acceptors (Lipinski definition) is 3. The molecule has 0 saturated heterocycles. The van der Waals surface area contributed by atoms with Gasteiger partial charge in [0.25, 0.3) is 0 Å². The lowest BCUT2D eigenvalue weighted by molar-refractivity contribution is 0.585. The highest BCUT2D eigenvalue weighted by atomic mass is 35.5. The van der Waals surface area contributed by atoms with Gasteiger partial charge in [-0.3, -0.25) is 0 Å². The van der Waals surface area contributed by atoms with Crippen molar-refractivity contribution in [1.29, 1.82) is 5.26 Å². The first kappa shape index (κ1) is 15.6. The molecule has 21 heavy (non-hydrogen) atoms. The zero-order valence-electron chi connectivity index (χ0n) is 11.5. The molecule has 108 valence electrons. The minimum absolute atomic E-state index is 0.152. The van der Waals surface area contributed by atoms with E-state index in [0.717, 1.165) is 0 Å². The molecule has 2 aromatic carbocycles. The van der Waals surface area contributed by atoms with Crippen molar-refractivity contribution in [3.8, 4) is 6.07 Å². The average Bonchev–Trinajstić information content (AvgIpc) is 2.47. The normalized spacial score (nSPS) is 12.6. The molecule has 5 heteroatoms. The van der Waals surface area contributed by atoms with Gasteiger partial charge in [-0.1, -0.05) is 41.9 Å². The molecule has 3 nitrogen and oxygen atoms in total. The van der Waals surface area contributed by atoms with Gasteiger partial charge in [0.2, 0.25) is 0 Å². The molecule has 0 N–H and O–H groups in total. The van der Waals surface area contributed by atoms with Crippen LogP contribution in [0.3, 0.4) is 0 Å². The fourth-order valence-electron chi connectivity index (χ4n) is 2.04. The fraction of sp³-hybridized carbons (Fsp3) is 0.188. The number of hydrogen-bond donors (Lipinski definition) is 0. The van der Waals surface area contributed by atoms with Gasteiger partial charge >= 0.3 is 0 Å². The van der Waals surface area contributed by atoms with Crippen molar-refractivity contribution in [2.45, 2.75) is 17.9 Å². The molecule has 0 aliphatic carbocycles. The molecule has 1 atom stereocenters. The fourth-order valence-corrected chi connectivity index (χ4v) is 3.67. The van der Waals surface area contributed by atoms with Crippen molar-refractivity contribution in [3.63, 3.8) is 0 Å². The predicted molar refractivity (Wildman–Crippen MR) is 83.6 cm³/mol. The number of sulfone groups is 1. The molecule has 0 aliphatic rings. The smallest absolute Gasteiger partial charge is 0.161 e. The van der Waals surface area contributed by atoms with E-state index in [1.807, 2.05) is 6.07 Å². The summed E-state index contributed by atoms with van der Waals surface area (Å²) in [5.74, 6) is -0.152. The number of nitrogens with zero attached hydrogens (tertiary/aromatic N) is 1. The lowest BCUT2D eigenvalue weighted by atomic mass is 10.1. The van der Waals surface area contributed by atoms with Crippen LogP contribution in [0.2, 0.25) is 5.02 Å². The van der Waals surface area contributed by atoms with Crippen LogP contribution >= 0.6 is 11.6 Å². The van der Waals surface area contributed by atoms with Gasteiger partial charge in [-0.05, 0) is 36.2 Å². The number of nitriles is 1. The van der Waals surface area contributed by atoms with Gasteiger partial charge in [-0.25, -0.2) is 8.42 Å². The Hall–Kier alpha value is -1.83. The highest BCUT2D eigenvalue weighted by molar-refractivity contribution is 7.90. The number of benzene rings is 2. The minimum atomic E-state index is -3.41. The molecule has 0 amide bonds. The third-order valence-electron chi connectivity index (χ3n) is 3.37. The molecule has 0 unspecified atom stereocenters. The molecule has 0 aliphatic heterocycles. The Kier molecular flexibility index (Phi) is 4.66. The van der Waals surface area contributed by atoms with Crippen molar-refractivity contribution in [2.75, 3.05) is 0 Å². The highest BCUT2D eigenvalue weighted by Gasteiger charge is 2.24. The summed E-state index contributed by atoms with van der Waals surface area (Å²) in [5.41, 5.74) is 1.61. The van der Waals surface area contributed by atoms with Gasteiger partial charge in [-0.15, -0.1) is 0 Å². The van der Waals surface area contributed by atoms with Gasteiger partial charge in [0.05, 0.1) is 22.6 Å². The maximum atomic E-state index is 12.5. The van der Waals surface area contributed by atoms with Crippen molar-refractivity contribution < 1.29 is 8.42 Å². The van der Waals surface area contributed by atoms with E-state index in [0.29, 0.717) is 21.7 Å². The summed E-state index contributed by atoms with van der Waals surface area (Å²) in [5, 5.41) is 8.96. The summed E-state index contributed by atoms with van der Waals surface area (Å²) in [6.45, 7) is 1.65. The summed E-state index contributed by atoms with van der Waals surface area (Å²) in [6, 6.07) is 15.5. The SMILES string of the molecule is C[C@@H](c1ccc(Cl)cc1)S(=O)(=O)Cc1ccccc1C#N. The lowest BCUT2D eigenvalue weighted by Crippen LogP contribution is -2.13. The van der Waals surface area contributed by atoms with Gasteiger partial charge in [0.15, 0.2) is 9.84 Å². The Labute approximate surface area is 129 Å².